The van der Waals surface area contributed by atoms with Crippen molar-refractivity contribution in [3.8, 4) is 11.3 Å². The summed E-state index contributed by atoms with van der Waals surface area (Å²) in [5, 5.41) is 0. The van der Waals surface area contributed by atoms with Crippen molar-refractivity contribution in [2.45, 2.75) is 57.9 Å². The summed E-state index contributed by atoms with van der Waals surface area (Å²) in [4.78, 5) is 33.2. The Morgan fingerprint density at radius 2 is 1.72 bits per heavy atom. The first kappa shape index (κ1) is 25.7. The minimum Gasteiger partial charge on any atom is -0.328 e. The highest BCUT2D eigenvalue weighted by molar-refractivity contribution is 5.97. The third-order valence-electron chi connectivity index (χ3n) is 6.77. The highest BCUT2D eigenvalue weighted by Gasteiger charge is 2.28. The average Bonchev–Trinajstić information content (AvgIpc) is 2.83. The van der Waals surface area contributed by atoms with E-state index in [-0.39, 0.29) is 36.1 Å². The van der Waals surface area contributed by atoms with Crippen molar-refractivity contribution in [3.05, 3.63) is 82.6 Å². The second-order valence-corrected chi connectivity index (χ2v) is 9.56. The van der Waals surface area contributed by atoms with Gasteiger partial charge in [-0.25, -0.2) is 18.2 Å². The molecule has 2 N–H and O–H groups in total. The molecule has 0 unspecified atom stereocenters. The number of rotatable bonds is 7. The Kier molecular flexibility index (Phi) is 7.64. The number of hydrogen-bond acceptors (Lipinski definition) is 5. The van der Waals surface area contributed by atoms with Crippen molar-refractivity contribution in [3.63, 3.8) is 0 Å². The summed E-state index contributed by atoms with van der Waals surface area (Å²) in [6.07, 6.45) is 6.05. The second kappa shape index (κ2) is 10.7. The number of ketones is 2. The zero-order chi connectivity index (χ0) is 26.0. The molecule has 188 valence electrons. The molecule has 0 aliphatic heterocycles. The molecule has 1 fully saturated rings. The summed E-state index contributed by atoms with van der Waals surface area (Å²) in [6, 6.07) is 5.85. The first-order chi connectivity index (χ1) is 17.2. The molecule has 4 rings (SSSR count). The molecule has 1 aliphatic rings. The van der Waals surface area contributed by atoms with E-state index in [0.29, 0.717) is 5.92 Å². The van der Waals surface area contributed by atoms with Crippen molar-refractivity contribution in [2.75, 3.05) is 0 Å². The van der Waals surface area contributed by atoms with E-state index < -0.39 is 40.3 Å². The first-order valence-electron chi connectivity index (χ1n) is 12.1. The second-order valence-electron chi connectivity index (χ2n) is 9.56. The average molecular weight is 496 g/mol. The predicted molar refractivity (Wildman–Crippen MR) is 130 cm³/mol. The maximum atomic E-state index is 14.8. The van der Waals surface area contributed by atoms with Gasteiger partial charge in [0.1, 0.15) is 28.8 Å². The van der Waals surface area contributed by atoms with Gasteiger partial charge in [0.05, 0.1) is 5.56 Å². The molecule has 0 bridgehead atoms. The Morgan fingerprint density at radius 1 is 1.00 bits per heavy atom. The highest BCUT2D eigenvalue weighted by Crippen LogP contribution is 2.37. The Balaban J connectivity index is 1.65. The Morgan fingerprint density at radius 3 is 2.39 bits per heavy atom. The van der Waals surface area contributed by atoms with Gasteiger partial charge < -0.3 is 5.73 Å². The summed E-state index contributed by atoms with van der Waals surface area (Å²) >= 11 is 0. The van der Waals surface area contributed by atoms with Gasteiger partial charge in [0.25, 0.3) is 0 Å². The Hall–Kier alpha value is -3.39. The standard InChI is InChI=1S/C28H28F3N3O2/c1-3-25(35)17-11-22(30)27(23(31)12-17)28-21(29)4-5-24(34-28)26(36)13-18-14-33-7-6-20(18)16-8-15(2)9-19(32)10-16/h4-7,11-12,14-16,19H,3,8-10,13,32H2,1-2H3/t15-,16+,19-/m0/s1. The van der Waals surface area contributed by atoms with E-state index in [1.807, 2.05) is 6.07 Å². The van der Waals surface area contributed by atoms with Gasteiger partial charge in [-0.3, -0.25) is 14.6 Å². The maximum Gasteiger partial charge on any atom is 0.185 e. The van der Waals surface area contributed by atoms with E-state index in [1.54, 1.807) is 19.3 Å². The number of nitrogens with two attached hydrogens (primary N) is 1. The fourth-order valence-corrected chi connectivity index (χ4v) is 5.10. The third-order valence-corrected chi connectivity index (χ3v) is 6.77. The van der Waals surface area contributed by atoms with Crippen LogP contribution in [0.25, 0.3) is 11.3 Å². The smallest absolute Gasteiger partial charge is 0.185 e. The largest absolute Gasteiger partial charge is 0.328 e. The monoisotopic (exact) mass is 495 g/mol. The molecule has 3 aromatic rings. The van der Waals surface area contributed by atoms with E-state index in [4.69, 9.17) is 5.73 Å². The summed E-state index contributed by atoms with van der Waals surface area (Å²) in [5.41, 5.74) is 6.34. The lowest BCUT2D eigenvalue weighted by Crippen LogP contribution is -2.31. The van der Waals surface area contributed by atoms with Crippen molar-refractivity contribution < 1.29 is 22.8 Å². The predicted octanol–water partition coefficient (Wildman–Crippen LogP) is 5.81. The normalized spacial score (nSPS) is 19.8. The molecular formula is C28H28F3N3O2. The van der Waals surface area contributed by atoms with Crippen LogP contribution in [0, 0.1) is 23.4 Å². The number of carbonyl (C=O) groups excluding carboxylic acids is 2. The molecule has 1 aliphatic carbocycles. The number of halogens is 3. The van der Waals surface area contributed by atoms with Crippen molar-refractivity contribution in [1.82, 2.24) is 9.97 Å². The van der Waals surface area contributed by atoms with Crippen molar-refractivity contribution in [1.29, 1.82) is 0 Å². The molecule has 3 atom stereocenters. The molecule has 0 saturated heterocycles. The molecule has 0 spiro atoms. The minimum atomic E-state index is -1.12. The maximum absolute atomic E-state index is 14.8. The molecule has 2 heterocycles. The number of benzene rings is 1. The fraction of sp³-hybridized carbons (Fsp3) is 0.357. The summed E-state index contributed by atoms with van der Waals surface area (Å²) < 4.78 is 44.2. The van der Waals surface area contributed by atoms with Crippen LogP contribution in [-0.4, -0.2) is 27.6 Å². The minimum absolute atomic E-state index is 0.0454. The molecular weight excluding hydrogens is 467 g/mol. The number of carbonyl (C=O) groups is 2. The van der Waals surface area contributed by atoms with Gasteiger partial charge >= 0.3 is 0 Å². The van der Waals surface area contributed by atoms with Gasteiger partial charge in [-0.05, 0) is 72.6 Å². The Labute approximate surface area is 208 Å². The summed E-state index contributed by atoms with van der Waals surface area (Å²) in [5.74, 6) is -3.46. The van der Waals surface area contributed by atoms with Crippen LogP contribution in [0.4, 0.5) is 13.2 Å². The van der Waals surface area contributed by atoms with Crippen molar-refractivity contribution in [2.24, 2.45) is 11.7 Å². The van der Waals surface area contributed by atoms with Crippen LogP contribution in [0.1, 0.15) is 77.4 Å². The third kappa shape index (κ3) is 5.38. The van der Waals surface area contributed by atoms with E-state index in [2.05, 4.69) is 16.9 Å². The van der Waals surface area contributed by atoms with Crippen LogP contribution >= 0.6 is 0 Å². The molecule has 36 heavy (non-hydrogen) atoms. The van der Waals surface area contributed by atoms with E-state index in [1.165, 1.54) is 6.07 Å². The fourth-order valence-electron chi connectivity index (χ4n) is 5.10. The summed E-state index contributed by atoms with van der Waals surface area (Å²) in [7, 11) is 0. The number of pyridine rings is 2. The molecule has 1 aromatic carbocycles. The van der Waals surface area contributed by atoms with Gasteiger partial charge in [0.15, 0.2) is 11.6 Å². The molecule has 5 nitrogen and oxygen atoms in total. The topological polar surface area (TPSA) is 85.9 Å². The van der Waals surface area contributed by atoms with Crippen LogP contribution in [0.3, 0.4) is 0 Å². The number of Topliss-reactive ketones (excluding diaryl/α,β-unsaturated/α-hetero) is 2. The van der Waals surface area contributed by atoms with Crippen LogP contribution in [0.2, 0.25) is 0 Å². The molecule has 0 radical (unpaired) electrons. The van der Waals surface area contributed by atoms with Gasteiger partial charge in [-0.2, -0.15) is 0 Å². The highest BCUT2D eigenvalue weighted by atomic mass is 19.1. The lowest BCUT2D eigenvalue weighted by molar-refractivity contribution is 0.0980. The van der Waals surface area contributed by atoms with Gasteiger partial charge in [-0.1, -0.05) is 13.8 Å². The van der Waals surface area contributed by atoms with Gasteiger partial charge in [0.2, 0.25) is 0 Å². The number of nitrogens with zero attached hydrogens (tertiary/aromatic N) is 2. The number of aromatic nitrogens is 2. The number of hydrogen-bond donors (Lipinski definition) is 1. The SMILES string of the molecule is CCC(=O)c1cc(F)c(-c2nc(C(=O)Cc3cnccc3[C@@H]3C[C@H](C)C[C@H](N)C3)ccc2F)c(F)c1. The first-order valence-corrected chi connectivity index (χ1v) is 12.1. The Bertz CT molecular complexity index is 1280. The lowest BCUT2D eigenvalue weighted by atomic mass is 9.75. The zero-order valence-corrected chi connectivity index (χ0v) is 20.2. The van der Waals surface area contributed by atoms with Crippen LogP contribution < -0.4 is 5.73 Å². The van der Waals surface area contributed by atoms with E-state index in [9.17, 15) is 22.8 Å². The molecule has 0 amide bonds. The van der Waals surface area contributed by atoms with Crippen LogP contribution in [0.15, 0.2) is 42.7 Å². The molecule has 1 saturated carbocycles. The van der Waals surface area contributed by atoms with Crippen LogP contribution in [0.5, 0.6) is 0 Å². The van der Waals surface area contributed by atoms with E-state index in [0.717, 1.165) is 48.6 Å². The summed E-state index contributed by atoms with van der Waals surface area (Å²) in [6.45, 7) is 3.73. The quantitative estimate of drug-likeness (QED) is 0.418. The van der Waals surface area contributed by atoms with Gasteiger partial charge in [-0.15, -0.1) is 0 Å². The molecule has 2 aromatic heterocycles. The van der Waals surface area contributed by atoms with Crippen molar-refractivity contribution >= 4 is 11.6 Å². The van der Waals surface area contributed by atoms with E-state index >= 15 is 0 Å². The van der Waals surface area contributed by atoms with Crippen LogP contribution in [-0.2, 0) is 6.42 Å². The lowest BCUT2D eigenvalue weighted by Gasteiger charge is -2.32. The molecule has 8 heteroatoms. The van der Waals surface area contributed by atoms with Gasteiger partial charge in [0, 0.05) is 36.8 Å². The zero-order valence-electron chi connectivity index (χ0n) is 20.2.